The maximum Gasteiger partial charge on any atom is 0.490 e. The number of benzene rings is 4. The van der Waals surface area contributed by atoms with Crippen LogP contribution < -0.4 is 10.5 Å². The van der Waals surface area contributed by atoms with E-state index in [1.807, 2.05) is 84.9 Å². The Kier molecular flexibility index (Phi) is 13.0. The van der Waals surface area contributed by atoms with E-state index in [9.17, 15) is 32.3 Å². The number of nitrogens with zero attached hydrogens (tertiary/aromatic N) is 2. The van der Waals surface area contributed by atoms with Crippen molar-refractivity contribution in [1.29, 1.82) is 0 Å². The number of nitrogens with two attached hydrogens (primary N) is 1. The minimum atomic E-state index is -5.08. The molecule has 4 aromatic carbocycles. The van der Waals surface area contributed by atoms with Gasteiger partial charge in [-0.25, -0.2) is 4.79 Å². The Morgan fingerprint density at radius 2 is 1.33 bits per heavy atom. The number of imide groups is 1. The first-order valence-corrected chi connectivity index (χ1v) is 15.8. The number of amidine groups is 1. The summed E-state index contributed by atoms with van der Waals surface area (Å²) in [6.45, 7) is 0.126. The predicted molar refractivity (Wildman–Crippen MR) is 184 cm³/mol. The van der Waals surface area contributed by atoms with Crippen LogP contribution in [0.15, 0.2) is 114 Å². The number of rotatable bonds is 14. The second-order valence-electron chi connectivity index (χ2n) is 11.5. The van der Waals surface area contributed by atoms with E-state index in [0.29, 0.717) is 35.5 Å². The number of carbonyl (C=O) groups is 5. The maximum absolute atomic E-state index is 13.4. The van der Waals surface area contributed by atoms with Gasteiger partial charge < -0.3 is 15.6 Å². The maximum atomic E-state index is 13.4. The summed E-state index contributed by atoms with van der Waals surface area (Å²) >= 11 is 0. The molecule has 0 bridgehead atoms. The lowest BCUT2D eigenvalue weighted by Crippen LogP contribution is -2.32. The number of fused-ring (bicyclic) bond motifs is 1. The summed E-state index contributed by atoms with van der Waals surface area (Å²) in [4.78, 5) is 66.2. The number of alkyl halides is 3. The number of carboxylic acid groups (broad SMARTS) is 1. The van der Waals surface area contributed by atoms with Gasteiger partial charge in [0.15, 0.2) is 5.78 Å². The summed E-state index contributed by atoms with van der Waals surface area (Å²) in [7, 11) is 0. The fraction of sp³-hybridized carbons (Fsp3) is 0.211. The van der Waals surface area contributed by atoms with E-state index in [1.165, 1.54) is 4.90 Å². The number of carboxylic acids is 1. The summed E-state index contributed by atoms with van der Waals surface area (Å²) in [5.74, 6) is -2.36. The number of carbonyl (C=O) groups excluding carboxylic acids is 4. The molecule has 51 heavy (non-hydrogen) atoms. The SMILES string of the molecule is NC(CC(=O)Cc1cccc(Oc2ccccc2)c1)=N[C@H](Cc1ccccc1)C(=O)CCCN1C(=O)c2ccccc2C1=O.O=C(O)C(F)(F)F.[HH]. The Morgan fingerprint density at radius 1 is 0.804 bits per heavy atom. The molecule has 1 atom stereocenters. The fourth-order valence-electron chi connectivity index (χ4n) is 5.17. The lowest BCUT2D eigenvalue weighted by atomic mass is 9.99. The molecule has 2 amide bonds. The van der Waals surface area contributed by atoms with Gasteiger partial charge in [0.2, 0.25) is 0 Å². The highest BCUT2D eigenvalue weighted by Gasteiger charge is 2.38. The first-order valence-electron chi connectivity index (χ1n) is 15.8. The molecule has 0 saturated carbocycles. The van der Waals surface area contributed by atoms with Crippen LogP contribution in [0.2, 0.25) is 0 Å². The number of ketones is 2. The zero-order valence-corrected chi connectivity index (χ0v) is 27.2. The molecule has 4 aromatic rings. The van der Waals surface area contributed by atoms with E-state index in [1.54, 1.807) is 24.3 Å². The largest absolute Gasteiger partial charge is 0.490 e. The van der Waals surface area contributed by atoms with Crippen molar-refractivity contribution >= 4 is 35.2 Å². The first-order chi connectivity index (χ1) is 24.3. The van der Waals surface area contributed by atoms with Crippen LogP contribution in [0.3, 0.4) is 0 Å². The zero-order valence-electron chi connectivity index (χ0n) is 27.2. The van der Waals surface area contributed by atoms with Crippen molar-refractivity contribution in [3.8, 4) is 11.5 Å². The van der Waals surface area contributed by atoms with E-state index in [4.69, 9.17) is 20.4 Å². The van der Waals surface area contributed by atoms with Crippen molar-refractivity contribution in [1.82, 2.24) is 4.90 Å². The smallest absolute Gasteiger partial charge is 0.475 e. The van der Waals surface area contributed by atoms with Gasteiger partial charge in [-0.2, -0.15) is 13.2 Å². The molecule has 1 aliphatic rings. The minimum Gasteiger partial charge on any atom is -0.475 e. The van der Waals surface area contributed by atoms with Gasteiger partial charge in [-0.1, -0.05) is 72.8 Å². The van der Waals surface area contributed by atoms with Crippen LogP contribution in [-0.4, -0.2) is 64.0 Å². The van der Waals surface area contributed by atoms with Crippen LogP contribution in [0.1, 0.15) is 52.5 Å². The first kappa shape index (κ1) is 37.7. The molecule has 0 aromatic heterocycles. The molecule has 0 saturated heterocycles. The number of ether oxygens (including phenoxy) is 1. The molecule has 5 rings (SSSR count). The van der Waals surface area contributed by atoms with Gasteiger partial charge in [-0.15, -0.1) is 0 Å². The topological polar surface area (TPSA) is 156 Å². The number of hydrogen-bond donors (Lipinski definition) is 2. The minimum absolute atomic E-state index is 0. The average Bonchev–Trinajstić information content (AvgIpc) is 3.33. The third kappa shape index (κ3) is 11.2. The lowest BCUT2D eigenvalue weighted by Gasteiger charge is -2.16. The van der Waals surface area contributed by atoms with Gasteiger partial charge in [-0.05, 0) is 53.9 Å². The molecule has 0 spiro atoms. The molecule has 13 heteroatoms. The number of hydrogen-bond acceptors (Lipinski definition) is 7. The van der Waals surface area contributed by atoms with Gasteiger partial charge in [-0.3, -0.25) is 29.1 Å². The molecule has 266 valence electrons. The molecule has 0 unspecified atom stereocenters. The summed E-state index contributed by atoms with van der Waals surface area (Å²) in [6, 6.07) is 32.0. The van der Waals surface area contributed by atoms with Crippen LogP contribution in [-0.2, 0) is 27.2 Å². The predicted octanol–water partition coefficient (Wildman–Crippen LogP) is 6.47. The number of Topliss-reactive ketones (excluding diaryl/α,β-unsaturated/α-hetero) is 2. The molecule has 1 aliphatic heterocycles. The van der Waals surface area contributed by atoms with E-state index >= 15 is 0 Å². The molecular formula is C38H36F3N3O7. The van der Waals surface area contributed by atoms with Crippen molar-refractivity contribution in [2.24, 2.45) is 10.7 Å². The van der Waals surface area contributed by atoms with Crippen molar-refractivity contribution < 1.29 is 48.4 Å². The molecule has 10 nitrogen and oxygen atoms in total. The van der Waals surface area contributed by atoms with Crippen LogP contribution in [0.25, 0.3) is 0 Å². The van der Waals surface area contributed by atoms with Crippen molar-refractivity contribution in [2.75, 3.05) is 6.54 Å². The average molecular weight is 704 g/mol. The Labute approximate surface area is 292 Å². The molecule has 3 N–H and O–H groups in total. The number of aliphatic carboxylic acids is 1. The summed E-state index contributed by atoms with van der Waals surface area (Å²) < 4.78 is 37.6. The Morgan fingerprint density at radius 3 is 1.92 bits per heavy atom. The zero-order chi connectivity index (χ0) is 37.0. The van der Waals surface area contributed by atoms with E-state index in [2.05, 4.69) is 4.99 Å². The van der Waals surface area contributed by atoms with Crippen LogP contribution in [0.4, 0.5) is 13.2 Å². The van der Waals surface area contributed by atoms with Gasteiger partial charge in [0.05, 0.1) is 17.5 Å². The van der Waals surface area contributed by atoms with Gasteiger partial charge >= 0.3 is 12.1 Å². The van der Waals surface area contributed by atoms with Gasteiger partial charge in [0, 0.05) is 27.2 Å². The normalized spacial score (nSPS) is 13.2. The summed E-state index contributed by atoms with van der Waals surface area (Å²) in [5.41, 5.74) is 8.66. The Hall–Kier alpha value is -6.11. The van der Waals surface area contributed by atoms with Crippen molar-refractivity contribution in [3.05, 3.63) is 131 Å². The lowest BCUT2D eigenvalue weighted by molar-refractivity contribution is -0.192. The number of para-hydroxylation sites is 1. The fourth-order valence-corrected chi connectivity index (χ4v) is 5.17. The third-order valence-corrected chi connectivity index (χ3v) is 7.55. The van der Waals surface area contributed by atoms with Crippen LogP contribution >= 0.6 is 0 Å². The highest BCUT2D eigenvalue weighted by Crippen LogP contribution is 2.24. The number of aliphatic imine (C=N–C) groups is 1. The number of amides is 2. The number of halogens is 3. The van der Waals surface area contributed by atoms with E-state index in [-0.39, 0.29) is 56.5 Å². The Balaban J connectivity index is 0.000000828. The monoisotopic (exact) mass is 703 g/mol. The molecule has 0 fully saturated rings. The highest BCUT2D eigenvalue weighted by atomic mass is 19.4. The second kappa shape index (κ2) is 17.5. The second-order valence-corrected chi connectivity index (χ2v) is 11.5. The van der Waals surface area contributed by atoms with Crippen LogP contribution in [0.5, 0.6) is 11.5 Å². The third-order valence-electron chi connectivity index (χ3n) is 7.55. The molecule has 0 aliphatic carbocycles. The molecule has 0 radical (unpaired) electrons. The highest BCUT2D eigenvalue weighted by molar-refractivity contribution is 6.21. The summed E-state index contributed by atoms with van der Waals surface area (Å²) in [5, 5.41) is 7.12. The summed E-state index contributed by atoms with van der Waals surface area (Å²) in [6.07, 6.45) is -4.33. The molecular weight excluding hydrogens is 667 g/mol. The molecule has 1 heterocycles. The van der Waals surface area contributed by atoms with E-state index in [0.717, 1.165) is 11.1 Å². The van der Waals surface area contributed by atoms with Gasteiger partial charge in [0.1, 0.15) is 29.2 Å². The van der Waals surface area contributed by atoms with Crippen molar-refractivity contribution in [2.45, 2.75) is 44.3 Å². The quantitative estimate of drug-likeness (QED) is 0.0860. The van der Waals surface area contributed by atoms with E-state index < -0.39 is 18.2 Å². The standard InChI is InChI=1S/C36H33N3O5.C2HF3O2.H2/c37-34(24-27(40)21-26-13-9-16-29(22-26)44-28-14-5-2-6-15-28)38-32(23-25-11-3-1-4-12-25)33(41)19-10-20-39-35(42)30-17-7-8-18-31(30)36(39)43;3-2(4,5)1(6)7;/h1-9,11-18,22,32H,10,19-21,23-24H2,(H2,37,38);(H,6,7);1H/t32-;;/m1../s1. The van der Waals surface area contributed by atoms with Gasteiger partial charge in [0.25, 0.3) is 11.8 Å². The van der Waals surface area contributed by atoms with Crippen molar-refractivity contribution in [3.63, 3.8) is 0 Å². The van der Waals surface area contributed by atoms with Crippen LogP contribution in [0, 0.1) is 0 Å². The Bertz CT molecular complexity index is 1870.